The number of benzene rings is 2. The summed E-state index contributed by atoms with van der Waals surface area (Å²) in [6, 6.07) is 14.7. The molecular formula is C22H24N2OS2. The Hall–Kier alpha value is -2.11. The number of nitrogens with zero attached hydrogens (tertiary/aromatic N) is 1. The van der Waals surface area contributed by atoms with Crippen molar-refractivity contribution >= 4 is 29.4 Å². The quantitative estimate of drug-likeness (QED) is 0.506. The lowest BCUT2D eigenvalue weighted by atomic mass is 9.89. The second-order valence-electron chi connectivity index (χ2n) is 7.27. The van der Waals surface area contributed by atoms with E-state index in [1.165, 1.54) is 16.1 Å². The van der Waals surface area contributed by atoms with Gasteiger partial charge in [-0.15, -0.1) is 0 Å². The summed E-state index contributed by atoms with van der Waals surface area (Å²) in [5.41, 5.74) is 5.70. The normalized spacial score (nSPS) is 14.2. The molecule has 0 spiro atoms. The van der Waals surface area contributed by atoms with Gasteiger partial charge in [0.2, 0.25) is 0 Å². The number of hydrogen-bond donors (Lipinski definition) is 1. The largest absolute Gasteiger partial charge is 0.494 e. The summed E-state index contributed by atoms with van der Waals surface area (Å²) in [6.45, 7) is 9.27. The number of nitrogens with one attached hydrogen (secondary N) is 1. The first-order chi connectivity index (χ1) is 13.0. The lowest BCUT2D eigenvalue weighted by Gasteiger charge is -2.33. The number of aromatic nitrogens is 1. The Balaban J connectivity index is 1.98. The molecule has 1 aliphatic heterocycles. The van der Waals surface area contributed by atoms with Gasteiger partial charge in [-0.05, 0) is 57.0 Å². The standard InChI is InChI=1S/C22H24N2OS2/c1-5-14-9-7-8-10-18(14)24-21(26)19-16-13-15(25-6-2)11-12-17(16)23-22(3,4)20(19)27-24/h7-13,23H,5-6H2,1-4H3. The second kappa shape index (κ2) is 6.80. The predicted octanol–water partition coefficient (Wildman–Crippen LogP) is 6.56. The van der Waals surface area contributed by atoms with E-state index in [4.69, 9.17) is 17.0 Å². The van der Waals surface area contributed by atoms with Crippen LogP contribution in [0.25, 0.3) is 16.8 Å². The van der Waals surface area contributed by atoms with Crippen LogP contribution >= 0.6 is 23.8 Å². The fourth-order valence-electron chi connectivity index (χ4n) is 3.70. The molecule has 3 nitrogen and oxygen atoms in total. The van der Waals surface area contributed by atoms with Gasteiger partial charge in [-0.3, -0.25) is 3.96 Å². The van der Waals surface area contributed by atoms with Crippen molar-refractivity contribution < 1.29 is 4.74 Å². The van der Waals surface area contributed by atoms with Gasteiger partial charge >= 0.3 is 0 Å². The van der Waals surface area contributed by atoms with Crippen LogP contribution < -0.4 is 10.1 Å². The molecule has 2 aromatic carbocycles. The first-order valence-electron chi connectivity index (χ1n) is 9.36. The number of fused-ring (bicyclic) bond motifs is 3. The third kappa shape index (κ3) is 2.99. The van der Waals surface area contributed by atoms with Gasteiger partial charge in [0.05, 0.1) is 22.7 Å². The molecule has 0 fully saturated rings. The Morgan fingerprint density at radius 2 is 1.93 bits per heavy atom. The molecule has 4 rings (SSSR count). The van der Waals surface area contributed by atoms with E-state index in [2.05, 4.69) is 66.4 Å². The van der Waals surface area contributed by atoms with Crippen LogP contribution in [0.3, 0.4) is 0 Å². The predicted molar refractivity (Wildman–Crippen MR) is 117 cm³/mol. The summed E-state index contributed by atoms with van der Waals surface area (Å²) in [7, 11) is 0. The van der Waals surface area contributed by atoms with Crippen LogP contribution in [0.2, 0.25) is 0 Å². The maximum absolute atomic E-state index is 5.99. The molecule has 1 aromatic heterocycles. The molecule has 0 aliphatic carbocycles. The van der Waals surface area contributed by atoms with Gasteiger partial charge < -0.3 is 10.1 Å². The highest BCUT2D eigenvalue weighted by Crippen LogP contribution is 2.48. The summed E-state index contributed by atoms with van der Waals surface area (Å²) < 4.78 is 8.83. The fourth-order valence-corrected chi connectivity index (χ4v) is 5.39. The minimum Gasteiger partial charge on any atom is -0.494 e. The molecule has 140 valence electrons. The topological polar surface area (TPSA) is 26.2 Å². The van der Waals surface area contributed by atoms with E-state index >= 15 is 0 Å². The van der Waals surface area contributed by atoms with Crippen molar-refractivity contribution in [2.45, 2.75) is 39.7 Å². The third-order valence-electron chi connectivity index (χ3n) is 4.99. The highest BCUT2D eigenvalue weighted by Gasteiger charge is 2.35. The first kappa shape index (κ1) is 18.3. The van der Waals surface area contributed by atoms with Crippen molar-refractivity contribution in [2.75, 3.05) is 11.9 Å². The van der Waals surface area contributed by atoms with Crippen LogP contribution in [0.5, 0.6) is 5.75 Å². The van der Waals surface area contributed by atoms with Crippen molar-refractivity contribution in [3.8, 4) is 22.6 Å². The van der Waals surface area contributed by atoms with E-state index in [1.54, 1.807) is 11.5 Å². The van der Waals surface area contributed by atoms with Gasteiger partial charge in [-0.2, -0.15) is 0 Å². The van der Waals surface area contributed by atoms with E-state index in [-0.39, 0.29) is 5.54 Å². The lowest BCUT2D eigenvalue weighted by molar-refractivity contribution is 0.340. The van der Waals surface area contributed by atoms with Crippen molar-refractivity contribution in [3.05, 3.63) is 57.5 Å². The van der Waals surface area contributed by atoms with Crippen LogP contribution in [0.1, 0.15) is 38.1 Å². The van der Waals surface area contributed by atoms with Gasteiger partial charge in [0, 0.05) is 16.8 Å². The molecule has 3 aromatic rings. The number of ether oxygens (including phenoxy) is 1. The molecule has 0 saturated carbocycles. The van der Waals surface area contributed by atoms with Crippen LogP contribution in [0.15, 0.2) is 42.5 Å². The fraction of sp³-hybridized carbons (Fsp3) is 0.318. The van der Waals surface area contributed by atoms with Gasteiger partial charge in [0.15, 0.2) is 0 Å². The summed E-state index contributed by atoms with van der Waals surface area (Å²) in [4.78, 5) is 1.26. The van der Waals surface area contributed by atoms with E-state index in [1.807, 2.05) is 13.0 Å². The van der Waals surface area contributed by atoms with Crippen molar-refractivity contribution in [3.63, 3.8) is 0 Å². The maximum atomic E-state index is 5.99. The minimum absolute atomic E-state index is 0.180. The molecule has 1 aliphatic rings. The molecule has 1 N–H and O–H groups in total. The molecule has 0 amide bonds. The smallest absolute Gasteiger partial charge is 0.129 e. The first-order valence-corrected chi connectivity index (χ1v) is 10.5. The average Bonchev–Trinajstić information content (AvgIpc) is 3.01. The Kier molecular flexibility index (Phi) is 4.60. The van der Waals surface area contributed by atoms with Gasteiger partial charge in [-0.25, -0.2) is 0 Å². The third-order valence-corrected chi connectivity index (χ3v) is 6.95. The van der Waals surface area contributed by atoms with Crippen LogP contribution in [-0.2, 0) is 12.0 Å². The summed E-state index contributed by atoms with van der Waals surface area (Å²) in [6.07, 6.45) is 0.979. The summed E-state index contributed by atoms with van der Waals surface area (Å²) in [5.74, 6) is 0.879. The van der Waals surface area contributed by atoms with Gasteiger partial charge in [0.1, 0.15) is 10.4 Å². The Morgan fingerprint density at radius 1 is 1.15 bits per heavy atom. The molecule has 0 unspecified atom stereocenters. The molecule has 0 saturated heterocycles. The monoisotopic (exact) mass is 396 g/mol. The van der Waals surface area contributed by atoms with Crippen molar-refractivity contribution in [1.82, 2.24) is 3.96 Å². The van der Waals surface area contributed by atoms with E-state index in [0.717, 1.165) is 33.6 Å². The van der Waals surface area contributed by atoms with Crippen molar-refractivity contribution in [1.29, 1.82) is 0 Å². The van der Waals surface area contributed by atoms with Crippen molar-refractivity contribution in [2.24, 2.45) is 0 Å². The van der Waals surface area contributed by atoms with Gasteiger partial charge in [0.25, 0.3) is 0 Å². The molecule has 2 heterocycles. The number of aryl methyl sites for hydroxylation is 1. The number of para-hydroxylation sites is 1. The highest BCUT2D eigenvalue weighted by molar-refractivity contribution is 7.71. The minimum atomic E-state index is -0.180. The zero-order chi connectivity index (χ0) is 19.2. The molecule has 27 heavy (non-hydrogen) atoms. The second-order valence-corrected chi connectivity index (χ2v) is 8.61. The Morgan fingerprint density at radius 3 is 2.67 bits per heavy atom. The Labute approximate surface area is 169 Å². The zero-order valence-electron chi connectivity index (χ0n) is 16.1. The van der Waals surface area contributed by atoms with Gasteiger partial charge in [-0.1, -0.05) is 48.9 Å². The number of rotatable bonds is 4. The molecule has 0 radical (unpaired) electrons. The number of hydrogen-bond acceptors (Lipinski definition) is 4. The molecule has 5 heteroatoms. The maximum Gasteiger partial charge on any atom is 0.129 e. The van der Waals surface area contributed by atoms with Crippen LogP contribution in [0.4, 0.5) is 5.69 Å². The zero-order valence-corrected chi connectivity index (χ0v) is 17.8. The van der Waals surface area contributed by atoms with Crippen LogP contribution in [0, 0.1) is 4.64 Å². The van der Waals surface area contributed by atoms with E-state index in [0.29, 0.717) is 6.61 Å². The SMILES string of the molecule is CCOc1ccc2c(c1)-c1c(sn(-c3ccccc3CC)c1=S)C(C)(C)N2. The number of anilines is 1. The lowest BCUT2D eigenvalue weighted by Crippen LogP contribution is -2.30. The molecular weight excluding hydrogens is 372 g/mol. The van der Waals surface area contributed by atoms with E-state index < -0.39 is 0 Å². The average molecular weight is 397 g/mol. The van der Waals surface area contributed by atoms with E-state index in [9.17, 15) is 0 Å². The summed E-state index contributed by atoms with van der Waals surface area (Å²) in [5, 5.41) is 3.68. The van der Waals surface area contributed by atoms with Crippen LogP contribution in [-0.4, -0.2) is 10.6 Å². The Bertz CT molecular complexity index is 1060. The molecule has 0 bridgehead atoms. The summed E-state index contributed by atoms with van der Waals surface area (Å²) >= 11 is 7.74. The molecule has 0 atom stereocenters. The highest BCUT2D eigenvalue weighted by atomic mass is 32.1.